The Hall–Kier alpha value is -4.54. The topological polar surface area (TPSA) is 191 Å². The Morgan fingerprint density at radius 1 is 0.449 bits per heavy atom. The minimum atomic E-state index is -0.903. The number of esters is 2. The molecule has 0 heterocycles. The summed E-state index contributed by atoms with van der Waals surface area (Å²) in [7, 11) is 0. The summed E-state index contributed by atoms with van der Waals surface area (Å²) in [5, 5.41) is 5.17. The SMILES string of the molecule is O=C(COCC(=O)NCCOCCOCCC(=O)C(=O)OCc1ccccc1)NCCOCCOCCC(=O)C(=O)OCc1ccccc1. The summed E-state index contributed by atoms with van der Waals surface area (Å²) in [6.45, 7) is 1.28. The first-order valence-electron chi connectivity index (χ1n) is 15.7. The molecule has 2 aromatic carbocycles. The van der Waals surface area contributed by atoms with Gasteiger partial charge in [-0.1, -0.05) is 60.7 Å². The molecule has 0 aliphatic rings. The maximum absolute atomic E-state index is 11.8. The predicted octanol–water partition coefficient (Wildman–Crippen LogP) is 0.707. The van der Waals surface area contributed by atoms with E-state index in [1.165, 1.54) is 0 Å². The van der Waals surface area contributed by atoms with E-state index in [2.05, 4.69) is 10.6 Å². The third kappa shape index (κ3) is 21.1. The molecule has 0 unspecified atom stereocenters. The molecule has 2 aromatic rings. The van der Waals surface area contributed by atoms with Crippen molar-refractivity contribution in [2.24, 2.45) is 0 Å². The van der Waals surface area contributed by atoms with Crippen LogP contribution in [0.2, 0.25) is 0 Å². The first-order chi connectivity index (χ1) is 23.8. The lowest BCUT2D eigenvalue weighted by molar-refractivity contribution is -0.155. The molecule has 49 heavy (non-hydrogen) atoms. The number of nitrogens with one attached hydrogen (secondary N) is 2. The standard InChI is InChI=1S/C34H44N2O13/c37-29(33(41)48-23-27-7-3-1-4-8-27)11-15-43-19-21-45-17-13-35-31(39)25-47-26-32(40)36-14-18-46-22-20-44-16-12-30(38)34(42)49-24-28-9-5-2-6-10-28/h1-10H,11-26H2,(H,35,39)(H,36,40). The number of ether oxygens (including phenoxy) is 7. The fourth-order valence-corrected chi connectivity index (χ4v) is 3.65. The van der Waals surface area contributed by atoms with Gasteiger partial charge in [0.1, 0.15) is 26.4 Å². The Bertz CT molecular complexity index is 1180. The summed E-state index contributed by atoms with van der Waals surface area (Å²) in [6, 6.07) is 18.1. The monoisotopic (exact) mass is 688 g/mol. The Balaban J connectivity index is 1.31. The van der Waals surface area contributed by atoms with Crippen LogP contribution in [0.1, 0.15) is 24.0 Å². The number of carbonyl (C=O) groups is 6. The lowest BCUT2D eigenvalue weighted by atomic mass is 10.2. The molecule has 15 heteroatoms. The van der Waals surface area contributed by atoms with Crippen molar-refractivity contribution in [3.05, 3.63) is 71.8 Å². The minimum Gasteiger partial charge on any atom is -0.455 e. The first-order valence-corrected chi connectivity index (χ1v) is 15.7. The molecule has 0 radical (unpaired) electrons. The van der Waals surface area contributed by atoms with Crippen LogP contribution in [0.3, 0.4) is 0 Å². The van der Waals surface area contributed by atoms with E-state index in [1.54, 1.807) is 24.3 Å². The predicted molar refractivity (Wildman–Crippen MR) is 172 cm³/mol. The van der Waals surface area contributed by atoms with E-state index in [4.69, 9.17) is 33.2 Å². The van der Waals surface area contributed by atoms with Crippen molar-refractivity contribution in [3.63, 3.8) is 0 Å². The van der Waals surface area contributed by atoms with Crippen molar-refractivity contribution >= 4 is 35.3 Å². The Morgan fingerprint density at radius 2 is 0.816 bits per heavy atom. The van der Waals surface area contributed by atoms with Crippen molar-refractivity contribution in [2.45, 2.75) is 26.1 Å². The zero-order valence-corrected chi connectivity index (χ0v) is 27.4. The Morgan fingerprint density at radius 3 is 1.20 bits per heavy atom. The number of carbonyl (C=O) groups excluding carboxylic acids is 6. The van der Waals surface area contributed by atoms with Crippen LogP contribution in [0.5, 0.6) is 0 Å². The number of benzene rings is 2. The second-order valence-electron chi connectivity index (χ2n) is 10.1. The highest BCUT2D eigenvalue weighted by Gasteiger charge is 2.16. The summed E-state index contributed by atoms with van der Waals surface area (Å²) in [5.41, 5.74) is 1.57. The van der Waals surface area contributed by atoms with E-state index in [0.717, 1.165) is 11.1 Å². The van der Waals surface area contributed by atoms with E-state index < -0.39 is 35.3 Å². The quantitative estimate of drug-likeness (QED) is 0.0723. The van der Waals surface area contributed by atoms with Gasteiger partial charge in [0, 0.05) is 25.9 Å². The van der Waals surface area contributed by atoms with E-state index in [0.29, 0.717) is 0 Å². The molecule has 0 aliphatic heterocycles. The molecule has 0 bridgehead atoms. The zero-order chi connectivity index (χ0) is 35.4. The molecule has 0 fully saturated rings. The van der Waals surface area contributed by atoms with Crippen molar-refractivity contribution in [3.8, 4) is 0 Å². The molecule has 2 rings (SSSR count). The highest BCUT2D eigenvalue weighted by Crippen LogP contribution is 2.03. The molecule has 2 N–H and O–H groups in total. The van der Waals surface area contributed by atoms with Crippen LogP contribution in [-0.4, -0.2) is 114 Å². The van der Waals surface area contributed by atoms with Gasteiger partial charge >= 0.3 is 11.9 Å². The Kier molecular flexibility index (Phi) is 21.9. The lowest BCUT2D eigenvalue weighted by Crippen LogP contribution is -2.34. The van der Waals surface area contributed by atoms with Gasteiger partial charge in [-0.15, -0.1) is 0 Å². The number of ketones is 2. The second kappa shape index (κ2) is 26.4. The van der Waals surface area contributed by atoms with Crippen LogP contribution < -0.4 is 10.6 Å². The fourth-order valence-electron chi connectivity index (χ4n) is 3.65. The highest BCUT2D eigenvalue weighted by molar-refractivity contribution is 6.33. The number of rotatable bonds is 28. The molecule has 2 amide bonds. The summed E-state index contributed by atoms with van der Waals surface area (Å²) in [6.07, 6.45) is -0.204. The fraction of sp³-hybridized carbons (Fsp3) is 0.471. The molecule has 0 atom stereocenters. The van der Waals surface area contributed by atoms with Gasteiger partial charge in [0.15, 0.2) is 0 Å². The smallest absolute Gasteiger partial charge is 0.375 e. The van der Waals surface area contributed by atoms with Crippen LogP contribution in [0, 0.1) is 0 Å². The lowest BCUT2D eigenvalue weighted by Gasteiger charge is -2.09. The first kappa shape index (κ1) is 40.6. The second-order valence-corrected chi connectivity index (χ2v) is 10.1. The maximum atomic E-state index is 11.8. The van der Waals surface area contributed by atoms with Crippen LogP contribution in [0.15, 0.2) is 60.7 Å². The molecule has 0 saturated heterocycles. The van der Waals surface area contributed by atoms with Gasteiger partial charge in [-0.05, 0) is 11.1 Å². The largest absolute Gasteiger partial charge is 0.455 e. The Labute approximate surface area is 284 Å². The zero-order valence-electron chi connectivity index (χ0n) is 27.4. The summed E-state index contributed by atoms with van der Waals surface area (Å²) < 4.78 is 36.2. The van der Waals surface area contributed by atoms with Gasteiger partial charge in [0.05, 0.1) is 52.9 Å². The third-order valence-corrected chi connectivity index (χ3v) is 6.18. The molecular formula is C34H44N2O13. The third-order valence-electron chi connectivity index (χ3n) is 6.18. The molecule has 268 valence electrons. The average molecular weight is 689 g/mol. The summed E-state index contributed by atoms with van der Waals surface area (Å²) in [4.78, 5) is 70.7. The number of Topliss-reactive ketones (excluding diaryl/α,β-unsaturated/α-hetero) is 2. The van der Waals surface area contributed by atoms with Gasteiger partial charge in [-0.2, -0.15) is 0 Å². The van der Waals surface area contributed by atoms with Gasteiger partial charge in [-0.3, -0.25) is 19.2 Å². The van der Waals surface area contributed by atoms with Crippen molar-refractivity contribution in [1.29, 1.82) is 0 Å². The van der Waals surface area contributed by atoms with E-state index in [1.807, 2.05) is 36.4 Å². The van der Waals surface area contributed by atoms with Crippen LogP contribution in [0.4, 0.5) is 0 Å². The van der Waals surface area contributed by atoms with Crippen LogP contribution >= 0.6 is 0 Å². The van der Waals surface area contributed by atoms with E-state index >= 15 is 0 Å². The van der Waals surface area contributed by atoms with Crippen molar-refractivity contribution < 1.29 is 61.9 Å². The highest BCUT2D eigenvalue weighted by atomic mass is 16.5. The van der Waals surface area contributed by atoms with E-state index in [9.17, 15) is 28.8 Å². The van der Waals surface area contributed by atoms with Crippen molar-refractivity contribution in [2.75, 3.05) is 79.2 Å². The molecule has 0 aromatic heterocycles. The minimum absolute atomic E-state index is 0.0287. The van der Waals surface area contributed by atoms with E-state index in [-0.39, 0.29) is 105 Å². The van der Waals surface area contributed by atoms with Gasteiger partial charge in [0.2, 0.25) is 23.4 Å². The number of hydrogen-bond acceptors (Lipinski definition) is 13. The molecule has 0 saturated carbocycles. The van der Waals surface area contributed by atoms with Crippen molar-refractivity contribution in [1.82, 2.24) is 10.6 Å². The number of amides is 2. The summed E-state index contributed by atoms with van der Waals surface area (Å²) in [5.74, 6) is -3.98. The molecule has 15 nitrogen and oxygen atoms in total. The summed E-state index contributed by atoms with van der Waals surface area (Å²) >= 11 is 0. The van der Waals surface area contributed by atoms with Crippen LogP contribution in [0.25, 0.3) is 0 Å². The molecule has 0 spiro atoms. The van der Waals surface area contributed by atoms with Gasteiger partial charge < -0.3 is 43.8 Å². The normalized spacial score (nSPS) is 10.6. The van der Waals surface area contributed by atoms with Crippen LogP contribution in [-0.2, 0) is 75.1 Å². The molecule has 0 aliphatic carbocycles. The van der Waals surface area contributed by atoms with Gasteiger partial charge in [-0.25, -0.2) is 9.59 Å². The maximum Gasteiger partial charge on any atom is 0.375 e. The number of hydrogen-bond donors (Lipinski definition) is 2. The van der Waals surface area contributed by atoms with Gasteiger partial charge in [0.25, 0.3) is 0 Å². The average Bonchev–Trinajstić information content (AvgIpc) is 3.12. The molecular weight excluding hydrogens is 644 g/mol.